The van der Waals surface area contributed by atoms with Gasteiger partial charge < -0.3 is 26.2 Å². The number of rotatable bonds is 6. The lowest BCUT2D eigenvalue weighted by atomic mass is 10.3. The number of nitrogens with zero attached hydrogens (tertiary/aromatic N) is 1. The standard InChI is InChI=1S/C11H22NO2.BrH/c1-6-7-12(4,5)8-9-14-11(13)10(2)3;/h2,6-9H2,1,3-5H3;1H/q+1;/p-1. The highest BCUT2D eigenvalue weighted by Crippen LogP contribution is 2.00. The van der Waals surface area contributed by atoms with Crippen molar-refractivity contribution < 1.29 is 31.0 Å². The molecule has 0 rings (SSSR count). The number of ether oxygens (including phenoxy) is 1. The number of carbonyl (C=O) groups is 1. The third-order valence-corrected chi connectivity index (χ3v) is 2.11. The second-order valence-corrected chi connectivity index (χ2v) is 4.30. The molecule has 0 spiro atoms. The molecule has 0 fully saturated rings. The molecule has 0 N–H and O–H groups in total. The summed E-state index contributed by atoms with van der Waals surface area (Å²) in [4.78, 5) is 11.1. The Hall–Kier alpha value is -0.350. The molecule has 0 atom stereocenters. The monoisotopic (exact) mass is 279 g/mol. The molecule has 0 unspecified atom stereocenters. The van der Waals surface area contributed by atoms with Crippen molar-refractivity contribution in [2.24, 2.45) is 0 Å². The van der Waals surface area contributed by atoms with Crippen LogP contribution in [0.5, 0.6) is 0 Å². The summed E-state index contributed by atoms with van der Waals surface area (Å²) in [6.07, 6.45) is 1.14. The average molecular weight is 280 g/mol. The van der Waals surface area contributed by atoms with Crippen molar-refractivity contribution in [2.75, 3.05) is 33.8 Å². The van der Waals surface area contributed by atoms with E-state index in [0.717, 1.165) is 24.0 Å². The maximum absolute atomic E-state index is 11.1. The van der Waals surface area contributed by atoms with Gasteiger partial charge in [0.2, 0.25) is 0 Å². The van der Waals surface area contributed by atoms with E-state index in [9.17, 15) is 4.79 Å². The van der Waals surface area contributed by atoms with E-state index in [0.29, 0.717) is 12.2 Å². The maximum Gasteiger partial charge on any atom is 0.333 e. The molecule has 90 valence electrons. The number of likely N-dealkylation sites (N-methyl/N-ethyl adjacent to an activating group) is 1. The van der Waals surface area contributed by atoms with Crippen LogP contribution in [0.3, 0.4) is 0 Å². The van der Waals surface area contributed by atoms with Crippen molar-refractivity contribution >= 4 is 5.97 Å². The third-order valence-electron chi connectivity index (χ3n) is 2.11. The van der Waals surface area contributed by atoms with Gasteiger partial charge in [-0.1, -0.05) is 13.5 Å². The summed E-state index contributed by atoms with van der Waals surface area (Å²) in [5, 5.41) is 0. The molecule has 4 heteroatoms. The number of carbonyl (C=O) groups excluding carboxylic acids is 1. The van der Waals surface area contributed by atoms with Crippen molar-refractivity contribution in [2.45, 2.75) is 20.3 Å². The Morgan fingerprint density at radius 2 is 1.87 bits per heavy atom. The van der Waals surface area contributed by atoms with Crippen molar-refractivity contribution in [1.82, 2.24) is 0 Å². The molecule has 0 aliphatic rings. The smallest absolute Gasteiger partial charge is 0.333 e. The summed E-state index contributed by atoms with van der Waals surface area (Å²) in [6.45, 7) is 9.77. The van der Waals surface area contributed by atoms with Gasteiger partial charge >= 0.3 is 5.97 Å². The van der Waals surface area contributed by atoms with Crippen LogP contribution in [-0.2, 0) is 9.53 Å². The minimum Gasteiger partial charge on any atom is -1.00 e. The van der Waals surface area contributed by atoms with Crippen molar-refractivity contribution in [3.8, 4) is 0 Å². The van der Waals surface area contributed by atoms with Crippen LogP contribution >= 0.6 is 0 Å². The highest BCUT2D eigenvalue weighted by atomic mass is 79.9. The lowest BCUT2D eigenvalue weighted by molar-refractivity contribution is -0.890. The van der Waals surface area contributed by atoms with Crippen LogP contribution in [0.4, 0.5) is 0 Å². The molecular formula is C11H22BrNO2. The summed E-state index contributed by atoms with van der Waals surface area (Å²) in [5.41, 5.74) is 0.464. The molecule has 0 saturated carbocycles. The number of quaternary nitrogens is 1. The molecule has 0 aromatic carbocycles. The predicted molar refractivity (Wildman–Crippen MR) is 57.9 cm³/mol. The molecule has 0 aliphatic heterocycles. The minimum absolute atomic E-state index is 0. The van der Waals surface area contributed by atoms with Gasteiger partial charge in [-0.05, 0) is 13.3 Å². The summed E-state index contributed by atoms with van der Waals surface area (Å²) < 4.78 is 5.92. The second-order valence-electron chi connectivity index (χ2n) is 4.30. The fourth-order valence-electron chi connectivity index (χ4n) is 1.23. The average Bonchev–Trinajstić information content (AvgIpc) is 2.03. The Labute approximate surface area is 103 Å². The zero-order valence-corrected chi connectivity index (χ0v) is 11.8. The van der Waals surface area contributed by atoms with Crippen LogP contribution in [0.1, 0.15) is 20.3 Å². The summed E-state index contributed by atoms with van der Waals surface area (Å²) in [7, 11) is 4.27. The topological polar surface area (TPSA) is 26.3 Å². The van der Waals surface area contributed by atoms with Gasteiger partial charge in [-0.2, -0.15) is 0 Å². The lowest BCUT2D eigenvalue weighted by Gasteiger charge is -2.28. The van der Waals surface area contributed by atoms with Gasteiger partial charge in [-0.3, -0.25) is 0 Å². The number of halogens is 1. The number of hydrogen-bond donors (Lipinski definition) is 0. The van der Waals surface area contributed by atoms with Crippen molar-refractivity contribution in [3.63, 3.8) is 0 Å². The van der Waals surface area contributed by atoms with E-state index < -0.39 is 0 Å². The normalized spacial score (nSPS) is 10.4. The zero-order chi connectivity index (χ0) is 11.2. The lowest BCUT2D eigenvalue weighted by Crippen LogP contribution is -3.00. The van der Waals surface area contributed by atoms with Crippen LogP contribution in [-0.4, -0.2) is 44.2 Å². The largest absolute Gasteiger partial charge is 1.00 e. The van der Waals surface area contributed by atoms with E-state index >= 15 is 0 Å². The van der Waals surface area contributed by atoms with Crippen LogP contribution in [0.2, 0.25) is 0 Å². The Kier molecular flexibility index (Phi) is 8.96. The van der Waals surface area contributed by atoms with Gasteiger partial charge in [0.15, 0.2) is 0 Å². The first-order chi connectivity index (χ1) is 6.39. The van der Waals surface area contributed by atoms with Crippen molar-refractivity contribution in [3.05, 3.63) is 12.2 Å². The minimum atomic E-state index is -0.290. The molecule has 3 nitrogen and oxygen atoms in total. The van der Waals surface area contributed by atoms with Gasteiger partial charge in [-0.15, -0.1) is 0 Å². The SMILES string of the molecule is C=C(C)C(=O)OCC[N+](C)(C)CCC.[Br-]. The summed E-state index contributed by atoms with van der Waals surface area (Å²) >= 11 is 0. The first-order valence-corrected chi connectivity index (χ1v) is 5.03. The summed E-state index contributed by atoms with van der Waals surface area (Å²) in [6, 6.07) is 0. The van der Waals surface area contributed by atoms with Gasteiger partial charge in [-0.25, -0.2) is 4.79 Å². The fraction of sp³-hybridized carbons (Fsp3) is 0.727. The predicted octanol–water partition coefficient (Wildman–Crippen LogP) is -1.40. The van der Waals surface area contributed by atoms with Crippen LogP contribution in [0, 0.1) is 0 Å². The Bertz CT molecular complexity index is 215. The molecule has 15 heavy (non-hydrogen) atoms. The Morgan fingerprint density at radius 1 is 1.33 bits per heavy atom. The highest BCUT2D eigenvalue weighted by molar-refractivity contribution is 5.86. The quantitative estimate of drug-likeness (QED) is 0.340. The number of esters is 1. The molecule has 0 aromatic heterocycles. The first kappa shape index (κ1) is 17.1. The van der Waals surface area contributed by atoms with Gasteiger partial charge in [0.25, 0.3) is 0 Å². The van der Waals surface area contributed by atoms with Crippen LogP contribution in [0.25, 0.3) is 0 Å². The van der Waals surface area contributed by atoms with Gasteiger partial charge in [0.1, 0.15) is 13.2 Å². The molecular weight excluding hydrogens is 258 g/mol. The Balaban J connectivity index is 0. The molecule has 0 amide bonds. The Morgan fingerprint density at radius 3 is 2.27 bits per heavy atom. The van der Waals surface area contributed by atoms with Crippen LogP contribution in [0.15, 0.2) is 12.2 Å². The van der Waals surface area contributed by atoms with E-state index in [1.54, 1.807) is 6.92 Å². The van der Waals surface area contributed by atoms with E-state index in [2.05, 4.69) is 27.6 Å². The first-order valence-electron chi connectivity index (χ1n) is 5.03. The maximum atomic E-state index is 11.1. The van der Waals surface area contributed by atoms with Crippen molar-refractivity contribution in [1.29, 1.82) is 0 Å². The number of hydrogen-bond acceptors (Lipinski definition) is 2. The van der Waals surface area contributed by atoms with Crippen LogP contribution < -0.4 is 17.0 Å². The molecule has 0 bridgehead atoms. The van der Waals surface area contributed by atoms with E-state index in [-0.39, 0.29) is 23.0 Å². The summed E-state index contributed by atoms with van der Waals surface area (Å²) in [5.74, 6) is -0.290. The molecule has 0 saturated heterocycles. The third kappa shape index (κ3) is 8.63. The van der Waals surface area contributed by atoms with Gasteiger partial charge in [0.05, 0.1) is 20.6 Å². The van der Waals surface area contributed by atoms with Gasteiger partial charge in [0, 0.05) is 5.57 Å². The second kappa shape index (κ2) is 7.88. The molecule has 0 aromatic rings. The van der Waals surface area contributed by atoms with E-state index in [4.69, 9.17) is 4.74 Å². The molecule has 0 heterocycles. The highest BCUT2D eigenvalue weighted by Gasteiger charge is 2.14. The fourth-order valence-corrected chi connectivity index (χ4v) is 1.23. The van der Waals surface area contributed by atoms with E-state index in [1.807, 2.05) is 0 Å². The molecule has 0 radical (unpaired) electrons. The van der Waals surface area contributed by atoms with E-state index in [1.165, 1.54) is 0 Å². The zero-order valence-electron chi connectivity index (χ0n) is 10.2. The molecule has 0 aliphatic carbocycles.